The molecule has 0 radical (unpaired) electrons. The minimum atomic E-state index is 0.784. The molecule has 0 aliphatic carbocycles. The van der Waals surface area contributed by atoms with Crippen molar-refractivity contribution in [1.82, 2.24) is 8.97 Å². The molecular weight excluding hydrogens is 352 g/mol. The van der Waals surface area contributed by atoms with Crippen LogP contribution in [0.15, 0.2) is 60.9 Å². The van der Waals surface area contributed by atoms with Gasteiger partial charge in [-0.15, -0.1) is 0 Å². The van der Waals surface area contributed by atoms with Crippen LogP contribution in [0, 0.1) is 0 Å². The van der Waals surface area contributed by atoms with Crippen LogP contribution in [-0.2, 0) is 19.4 Å². The van der Waals surface area contributed by atoms with Gasteiger partial charge in [0.1, 0.15) is 5.65 Å². The predicted octanol–water partition coefficient (Wildman–Crippen LogP) is 6.63. The third-order valence-electron chi connectivity index (χ3n) is 5.79. The second-order valence-electron chi connectivity index (χ2n) is 7.43. The lowest BCUT2D eigenvalue weighted by molar-refractivity contribution is 0.647. The van der Waals surface area contributed by atoms with Gasteiger partial charge in [-0.25, -0.2) is 0 Å². The van der Waals surface area contributed by atoms with E-state index in [1.807, 2.05) is 12.1 Å². The van der Waals surface area contributed by atoms with Gasteiger partial charge < -0.3 is 8.97 Å². The maximum atomic E-state index is 6.09. The van der Waals surface area contributed by atoms with Crippen LogP contribution in [0.5, 0.6) is 0 Å². The van der Waals surface area contributed by atoms with Crippen molar-refractivity contribution in [2.75, 3.05) is 0 Å². The molecule has 0 amide bonds. The molecule has 27 heavy (non-hydrogen) atoms. The van der Waals surface area contributed by atoms with Crippen molar-refractivity contribution in [1.29, 1.82) is 0 Å². The largest absolute Gasteiger partial charge is 0.325 e. The minimum Gasteiger partial charge on any atom is -0.325 e. The molecule has 2 aromatic heterocycles. The van der Waals surface area contributed by atoms with E-state index < -0.39 is 0 Å². The lowest BCUT2D eigenvalue weighted by atomic mass is 9.99. The van der Waals surface area contributed by atoms with Gasteiger partial charge in [-0.05, 0) is 54.5 Å². The van der Waals surface area contributed by atoms with Crippen molar-refractivity contribution in [3.8, 4) is 22.4 Å². The summed E-state index contributed by atoms with van der Waals surface area (Å²) in [5.41, 5.74) is 9.44. The Balaban J connectivity index is 1.68. The lowest BCUT2D eigenvalue weighted by Gasteiger charge is -2.08. The van der Waals surface area contributed by atoms with E-state index >= 15 is 0 Å². The van der Waals surface area contributed by atoms with Crippen LogP contribution in [0.4, 0.5) is 0 Å². The first-order valence-corrected chi connectivity index (χ1v) is 10.2. The fourth-order valence-electron chi connectivity index (χ4n) is 4.33. The normalized spacial score (nSPS) is 13.9. The van der Waals surface area contributed by atoms with Gasteiger partial charge in [-0.2, -0.15) is 0 Å². The van der Waals surface area contributed by atoms with Crippen molar-refractivity contribution in [2.45, 2.75) is 39.2 Å². The summed E-state index contributed by atoms with van der Waals surface area (Å²) in [6.45, 7) is 3.27. The summed E-state index contributed by atoms with van der Waals surface area (Å²) in [5, 5.41) is 0.784. The van der Waals surface area contributed by atoms with E-state index in [0.29, 0.717) is 0 Å². The van der Waals surface area contributed by atoms with Gasteiger partial charge in [0.05, 0.1) is 5.69 Å². The van der Waals surface area contributed by atoms with E-state index in [9.17, 15) is 0 Å². The van der Waals surface area contributed by atoms with Gasteiger partial charge in [-0.3, -0.25) is 0 Å². The SMILES string of the molecule is CCc1ccc(-c2cn3cc(-c4ccc(Cl)cc4)n4c3c2CCCC4)cc1. The van der Waals surface area contributed by atoms with E-state index in [1.54, 1.807) is 0 Å². The molecule has 0 unspecified atom stereocenters. The quantitative estimate of drug-likeness (QED) is 0.381. The maximum Gasteiger partial charge on any atom is 0.121 e. The molecule has 1 aliphatic rings. The second-order valence-corrected chi connectivity index (χ2v) is 7.87. The van der Waals surface area contributed by atoms with Crippen LogP contribution in [0.2, 0.25) is 5.02 Å². The number of aryl methyl sites for hydroxylation is 3. The van der Waals surface area contributed by atoms with Gasteiger partial charge in [0.15, 0.2) is 0 Å². The average molecular weight is 375 g/mol. The number of hydrogen-bond acceptors (Lipinski definition) is 0. The highest BCUT2D eigenvalue weighted by Crippen LogP contribution is 2.36. The molecule has 2 aromatic carbocycles. The molecule has 0 saturated heterocycles. The zero-order valence-corrected chi connectivity index (χ0v) is 16.3. The number of hydrogen-bond donors (Lipinski definition) is 0. The Hall–Kier alpha value is -2.45. The smallest absolute Gasteiger partial charge is 0.121 e. The summed E-state index contributed by atoms with van der Waals surface area (Å²) in [4.78, 5) is 0. The van der Waals surface area contributed by atoms with Crippen molar-refractivity contribution >= 4 is 17.2 Å². The maximum absolute atomic E-state index is 6.09. The number of benzene rings is 2. The van der Waals surface area contributed by atoms with E-state index in [4.69, 9.17) is 11.6 Å². The Morgan fingerprint density at radius 3 is 2.37 bits per heavy atom. The standard InChI is InChI=1S/C24H23ClN2/c1-2-17-6-8-18(9-7-17)22-15-26-16-23(19-10-12-20(25)13-11-19)27-14-4-3-5-21(22)24(26)27/h6-13,15-16H,2-5,14H2,1H3. The highest BCUT2D eigenvalue weighted by molar-refractivity contribution is 6.30. The van der Waals surface area contributed by atoms with Gasteiger partial charge in [0.25, 0.3) is 0 Å². The Labute approximate surface area is 165 Å². The highest BCUT2D eigenvalue weighted by Gasteiger charge is 2.21. The first-order chi connectivity index (χ1) is 13.2. The summed E-state index contributed by atoms with van der Waals surface area (Å²) < 4.78 is 4.82. The number of rotatable bonds is 3. The predicted molar refractivity (Wildman–Crippen MR) is 114 cm³/mol. The van der Waals surface area contributed by atoms with Crippen LogP contribution in [-0.4, -0.2) is 8.97 Å². The summed E-state index contributed by atoms with van der Waals surface area (Å²) in [5.74, 6) is 0. The lowest BCUT2D eigenvalue weighted by Crippen LogP contribution is -1.98. The fraction of sp³-hybridized carbons (Fsp3) is 0.250. The molecule has 5 rings (SSSR count). The summed E-state index contributed by atoms with van der Waals surface area (Å²) in [6.07, 6.45) is 9.27. The van der Waals surface area contributed by atoms with Crippen molar-refractivity contribution in [3.63, 3.8) is 0 Å². The molecule has 0 bridgehead atoms. The molecule has 136 valence electrons. The minimum absolute atomic E-state index is 0.784. The number of imidazole rings is 1. The molecule has 2 nitrogen and oxygen atoms in total. The van der Waals surface area contributed by atoms with E-state index in [-0.39, 0.29) is 0 Å². The third kappa shape index (κ3) is 2.80. The molecule has 0 fully saturated rings. The van der Waals surface area contributed by atoms with E-state index in [0.717, 1.165) is 24.4 Å². The average Bonchev–Trinajstić information content (AvgIpc) is 3.13. The zero-order valence-electron chi connectivity index (χ0n) is 15.6. The van der Waals surface area contributed by atoms with Gasteiger partial charge in [-0.1, -0.05) is 54.9 Å². The monoisotopic (exact) mass is 374 g/mol. The van der Waals surface area contributed by atoms with Crippen molar-refractivity contribution < 1.29 is 0 Å². The van der Waals surface area contributed by atoms with Crippen molar-refractivity contribution in [3.05, 3.63) is 77.1 Å². The van der Waals surface area contributed by atoms with Gasteiger partial charge in [0, 0.05) is 35.1 Å². The molecule has 0 spiro atoms. The number of aromatic nitrogens is 2. The first kappa shape index (κ1) is 16.7. The molecule has 3 heteroatoms. The summed E-state index contributed by atoms with van der Waals surface area (Å²) >= 11 is 6.09. The Kier molecular flexibility index (Phi) is 4.09. The van der Waals surface area contributed by atoms with Crippen LogP contribution >= 0.6 is 11.6 Å². The molecule has 0 N–H and O–H groups in total. The summed E-state index contributed by atoms with van der Waals surface area (Å²) in [6, 6.07) is 17.3. The highest BCUT2D eigenvalue weighted by atomic mass is 35.5. The third-order valence-corrected chi connectivity index (χ3v) is 6.04. The molecule has 0 saturated carbocycles. The zero-order chi connectivity index (χ0) is 18.4. The van der Waals surface area contributed by atoms with E-state index in [2.05, 4.69) is 64.7 Å². The van der Waals surface area contributed by atoms with Gasteiger partial charge in [0.2, 0.25) is 0 Å². The topological polar surface area (TPSA) is 9.34 Å². The van der Waals surface area contributed by atoms with Crippen LogP contribution in [0.1, 0.15) is 30.9 Å². The molecule has 0 atom stereocenters. The Morgan fingerprint density at radius 2 is 1.63 bits per heavy atom. The summed E-state index contributed by atoms with van der Waals surface area (Å²) in [7, 11) is 0. The number of nitrogens with zero attached hydrogens (tertiary/aromatic N) is 2. The molecule has 4 aromatic rings. The van der Waals surface area contributed by atoms with E-state index in [1.165, 1.54) is 52.0 Å². The van der Waals surface area contributed by atoms with Gasteiger partial charge >= 0.3 is 0 Å². The number of halogens is 1. The fourth-order valence-corrected chi connectivity index (χ4v) is 4.46. The van der Waals surface area contributed by atoms with Crippen LogP contribution in [0.3, 0.4) is 0 Å². The first-order valence-electron chi connectivity index (χ1n) is 9.83. The molecular formula is C24H23ClN2. The molecule has 1 aliphatic heterocycles. The second kappa shape index (κ2) is 6.61. The van der Waals surface area contributed by atoms with Crippen LogP contribution in [0.25, 0.3) is 28.0 Å². The van der Waals surface area contributed by atoms with Crippen molar-refractivity contribution in [2.24, 2.45) is 0 Å². The van der Waals surface area contributed by atoms with Crippen LogP contribution < -0.4 is 0 Å². The Bertz CT molecular complexity index is 1100. The molecule has 3 heterocycles. The Morgan fingerprint density at radius 1 is 0.889 bits per heavy atom.